The van der Waals surface area contributed by atoms with E-state index in [2.05, 4.69) is 26.0 Å². The summed E-state index contributed by atoms with van der Waals surface area (Å²) < 4.78 is 6.63. The second kappa shape index (κ2) is 9.51. The minimum absolute atomic E-state index is 0.0270. The van der Waals surface area contributed by atoms with Crippen molar-refractivity contribution in [3.8, 4) is 0 Å². The summed E-state index contributed by atoms with van der Waals surface area (Å²) >= 11 is 1.61. The van der Waals surface area contributed by atoms with E-state index in [1.807, 2.05) is 41.3 Å². The van der Waals surface area contributed by atoms with Gasteiger partial charge in [-0.05, 0) is 36.6 Å². The van der Waals surface area contributed by atoms with E-state index in [0.29, 0.717) is 6.54 Å². The van der Waals surface area contributed by atoms with Gasteiger partial charge < -0.3 is 9.64 Å². The van der Waals surface area contributed by atoms with Crippen molar-refractivity contribution in [1.29, 1.82) is 0 Å². The molecule has 1 amide bonds. The van der Waals surface area contributed by atoms with Crippen LogP contribution in [0.15, 0.2) is 48.5 Å². The third-order valence-corrected chi connectivity index (χ3v) is 6.75. The number of rotatable bonds is 6. The van der Waals surface area contributed by atoms with Crippen LogP contribution in [0.1, 0.15) is 16.7 Å². The van der Waals surface area contributed by atoms with Crippen LogP contribution >= 0.6 is 11.3 Å². The van der Waals surface area contributed by atoms with Gasteiger partial charge in [-0.25, -0.2) is 4.98 Å². The maximum Gasteiger partial charge on any atom is 0.252 e. The minimum Gasteiger partial charge on any atom is -0.370 e. The zero-order valence-electron chi connectivity index (χ0n) is 17.6. The number of aromatic nitrogens is 1. The van der Waals surface area contributed by atoms with Crippen LogP contribution in [0, 0.1) is 13.8 Å². The molecule has 1 aliphatic heterocycles. The molecule has 3 aromatic rings. The largest absolute Gasteiger partial charge is 0.370 e. The van der Waals surface area contributed by atoms with Gasteiger partial charge in [0.2, 0.25) is 0 Å². The van der Waals surface area contributed by atoms with Crippen molar-refractivity contribution in [2.24, 2.45) is 0 Å². The van der Waals surface area contributed by atoms with Gasteiger partial charge in [0.15, 0.2) is 5.13 Å². The second-order valence-electron chi connectivity index (χ2n) is 7.72. The monoisotopic (exact) mass is 422 g/mol. The van der Waals surface area contributed by atoms with Crippen molar-refractivity contribution in [3.63, 3.8) is 0 Å². The average Bonchev–Trinajstić information content (AvgIpc) is 3.23. The summed E-state index contributed by atoms with van der Waals surface area (Å²) in [5.41, 5.74) is 4.36. The summed E-state index contributed by atoms with van der Waals surface area (Å²) in [4.78, 5) is 21.4. The number of hydrogen-bond donors (Lipinski definition) is 1. The number of ether oxygens (including phenoxy) is 1. The SMILES string of the molecule is Cc1ccc(C)c2sc(N(CC[NH+]3CCOCC3)C(=O)/C=C/c3ccccc3)nc12. The first-order valence-electron chi connectivity index (χ1n) is 10.4. The molecular formula is C24H28N3O2S+. The zero-order valence-corrected chi connectivity index (χ0v) is 18.4. The number of thiazole rings is 1. The fraction of sp³-hybridized carbons (Fsp3) is 0.333. The molecule has 156 valence electrons. The Morgan fingerprint density at radius 1 is 1.13 bits per heavy atom. The van der Waals surface area contributed by atoms with Gasteiger partial charge in [0.1, 0.15) is 13.1 Å². The lowest BCUT2D eigenvalue weighted by molar-refractivity contribution is -0.906. The highest BCUT2D eigenvalue weighted by Gasteiger charge is 2.22. The molecule has 30 heavy (non-hydrogen) atoms. The number of benzene rings is 2. The molecule has 5 nitrogen and oxygen atoms in total. The van der Waals surface area contributed by atoms with E-state index in [1.165, 1.54) is 10.5 Å². The first kappa shape index (κ1) is 20.7. The van der Waals surface area contributed by atoms with Crippen LogP contribution < -0.4 is 9.80 Å². The van der Waals surface area contributed by atoms with Crippen molar-refractivity contribution in [2.45, 2.75) is 13.8 Å². The smallest absolute Gasteiger partial charge is 0.252 e. The van der Waals surface area contributed by atoms with Gasteiger partial charge in [-0.15, -0.1) is 0 Å². The van der Waals surface area contributed by atoms with Gasteiger partial charge in [-0.3, -0.25) is 9.69 Å². The van der Waals surface area contributed by atoms with Crippen LogP contribution in [0.25, 0.3) is 16.3 Å². The first-order chi connectivity index (χ1) is 14.6. The standard InChI is InChI=1S/C24H27N3O2S/c1-18-8-9-19(2)23-22(18)25-24(30-23)27(13-12-26-14-16-29-17-15-26)21(28)11-10-20-6-4-3-5-7-20/h3-11H,12-17H2,1-2H3/p+1/b11-10+. The molecule has 0 unspecified atom stereocenters. The molecule has 0 aliphatic carbocycles. The Kier molecular flexibility index (Phi) is 6.57. The molecule has 1 fully saturated rings. The van der Waals surface area contributed by atoms with Gasteiger partial charge in [0.25, 0.3) is 5.91 Å². The van der Waals surface area contributed by atoms with E-state index < -0.39 is 0 Å². The molecule has 1 aliphatic rings. The number of carbonyl (C=O) groups excluding carboxylic acids is 1. The van der Waals surface area contributed by atoms with Crippen molar-refractivity contribution < 1.29 is 14.4 Å². The quantitative estimate of drug-likeness (QED) is 0.622. The van der Waals surface area contributed by atoms with Crippen molar-refractivity contribution in [3.05, 3.63) is 65.2 Å². The molecule has 0 saturated carbocycles. The topological polar surface area (TPSA) is 46.9 Å². The molecule has 0 radical (unpaired) electrons. The van der Waals surface area contributed by atoms with Crippen LogP contribution in [0.2, 0.25) is 0 Å². The lowest BCUT2D eigenvalue weighted by Crippen LogP contribution is -3.14. The van der Waals surface area contributed by atoms with Crippen molar-refractivity contribution >= 4 is 38.7 Å². The average molecular weight is 423 g/mol. The molecule has 1 aromatic heterocycles. The van der Waals surface area contributed by atoms with E-state index in [0.717, 1.165) is 59.3 Å². The molecule has 6 heteroatoms. The molecule has 0 atom stereocenters. The predicted octanol–water partition coefficient (Wildman–Crippen LogP) is 2.87. The van der Waals surface area contributed by atoms with Gasteiger partial charge in [0.05, 0.1) is 36.5 Å². The molecular weight excluding hydrogens is 394 g/mol. The fourth-order valence-corrected chi connectivity index (χ4v) is 4.81. The fourth-order valence-electron chi connectivity index (χ4n) is 3.67. The highest BCUT2D eigenvalue weighted by atomic mass is 32.1. The van der Waals surface area contributed by atoms with E-state index in [4.69, 9.17) is 9.72 Å². The third-order valence-electron chi connectivity index (χ3n) is 5.53. The Bertz CT molecular complexity index is 1000. The highest BCUT2D eigenvalue weighted by Crippen LogP contribution is 2.33. The first-order valence-corrected chi connectivity index (χ1v) is 11.3. The number of anilines is 1. The second-order valence-corrected chi connectivity index (χ2v) is 8.70. The lowest BCUT2D eigenvalue weighted by atomic mass is 10.1. The van der Waals surface area contributed by atoms with Crippen molar-refractivity contribution in [1.82, 2.24) is 4.98 Å². The summed E-state index contributed by atoms with van der Waals surface area (Å²) in [6.45, 7) is 9.26. The van der Waals surface area contributed by atoms with Crippen molar-refractivity contribution in [2.75, 3.05) is 44.3 Å². The van der Waals surface area contributed by atoms with Crippen LogP contribution in [0.3, 0.4) is 0 Å². The molecule has 0 bridgehead atoms. The maximum atomic E-state index is 13.2. The van der Waals surface area contributed by atoms with Crippen LogP contribution in [-0.2, 0) is 9.53 Å². The number of amides is 1. The summed E-state index contributed by atoms with van der Waals surface area (Å²) in [6.07, 6.45) is 3.54. The molecule has 2 heterocycles. The molecule has 1 N–H and O–H groups in total. The number of fused-ring (bicyclic) bond motifs is 1. The molecule has 2 aromatic carbocycles. The summed E-state index contributed by atoms with van der Waals surface area (Å²) in [7, 11) is 0. The minimum atomic E-state index is -0.0270. The zero-order chi connectivity index (χ0) is 20.9. The number of hydrogen-bond acceptors (Lipinski definition) is 4. The van der Waals surface area contributed by atoms with E-state index in [-0.39, 0.29) is 5.91 Å². The number of aryl methyl sites for hydroxylation is 2. The summed E-state index contributed by atoms with van der Waals surface area (Å²) in [6, 6.07) is 14.1. The maximum absolute atomic E-state index is 13.2. The Balaban J connectivity index is 1.61. The van der Waals surface area contributed by atoms with Gasteiger partial charge in [-0.2, -0.15) is 0 Å². The van der Waals surface area contributed by atoms with Gasteiger partial charge in [-0.1, -0.05) is 53.8 Å². The Morgan fingerprint density at radius 2 is 1.87 bits per heavy atom. The Hall–Kier alpha value is -2.54. The van der Waals surface area contributed by atoms with Gasteiger partial charge in [0, 0.05) is 6.08 Å². The van der Waals surface area contributed by atoms with Gasteiger partial charge >= 0.3 is 0 Å². The van der Waals surface area contributed by atoms with E-state index >= 15 is 0 Å². The van der Waals surface area contributed by atoms with Crippen LogP contribution in [-0.4, -0.2) is 50.3 Å². The summed E-state index contributed by atoms with van der Waals surface area (Å²) in [5.74, 6) is -0.0270. The van der Waals surface area contributed by atoms with E-state index in [9.17, 15) is 4.79 Å². The molecule has 1 saturated heterocycles. The normalized spacial score (nSPS) is 15.1. The summed E-state index contributed by atoms with van der Waals surface area (Å²) in [5, 5.41) is 0.776. The number of quaternary nitrogens is 1. The molecule has 4 rings (SSSR count). The molecule has 0 spiro atoms. The van der Waals surface area contributed by atoms with Crippen LogP contribution in [0.4, 0.5) is 5.13 Å². The highest BCUT2D eigenvalue weighted by molar-refractivity contribution is 7.22. The Morgan fingerprint density at radius 3 is 2.60 bits per heavy atom. The number of morpholine rings is 1. The third kappa shape index (κ3) is 4.78. The van der Waals surface area contributed by atoms with E-state index in [1.54, 1.807) is 17.4 Å². The van der Waals surface area contributed by atoms with Crippen LogP contribution in [0.5, 0.6) is 0 Å². The lowest BCUT2D eigenvalue weighted by Gasteiger charge is -2.26. The number of nitrogens with one attached hydrogen (secondary N) is 1. The predicted molar refractivity (Wildman–Crippen MR) is 123 cm³/mol. The number of carbonyl (C=O) groups is 1. The Labute approximate surface area is 181 Å². The number of nitrogens with zero attached hydrogens (tertiary/aromatic N) is 2.